The number of rotatable bonds is 6. The maximum Gasteiger partial charge on any atom is 0.213 e. The fourth-order valence-corrected chi connectivity index (χ4v) is 1.60. The zero-order valence-corrected chi connectivity index (χ0v) is 10.5. The van der Waals surface area contributed by atoms with E-state index in [4.69, 9.17) is 4.74 Å². The van der Waals surface area contributed by atoms with Gasteiger partial charge in [0.25, 0.3) is 0 Å². The zero-order valence-electron chi connectivity index (χ0n) is 10.5. The molecule has 1 N–H and O–H groups in total. The maximum absolute atomic E-state index is 5.29. The molecule has 0 aliphatic carbocycles. The summed E-state index contributed by atoms with van der Waals surface area (Å²) in [7, 11) is 0. The van der Waals surface area contributed by atoms with E-state index in [-0.39, 0.29) is 0 Å². The van der Waals surface area contributed by atoms with Crippen LogP contribution in [0.5, 0.6) is 5.88 Å². The van der Waals surface area contributed by atoms with E-state index in [1.807, 2.05) is 43.5 Å². The van der Waals surface area contributed by atoms with Crippen LogP contribution in [0.1, 0.15) is 12.6 Å². The minimum atomic E-state index is 0.638. The molecule has 2 aromatic rings. The third kappa shape index (κ3) is 3.73. The molecule has 2 aromatic heterocycles. The highest BCUT2D eigenvalue weighted by atomic mass is 16.5. The van der Waals surface area contributed by atoms with Gasteiger partial charge in [0.2, 0.25) is 5.88 Å². The molecule has 18 heavy (non-hydrogen) atoms. The van der Waals surface area contributed by atoms with Crippen LogP contribution in [-0.4, -0.2) is 23.1 Å². The lowest BCUT2D eigenvalue weighted by atomic mass is 10.2. The van der Waals surface area contributed by atoms with Crippen molar-refractivity contribution in [3.05, 3.63) is 48.4 Å². The number of pyridine rings is 2. The smallest absolute Gasteiger partial charge is 0.213 e. The Labute approximate surface area is 107 Å². The van der Waals surface area contributed by atoms with Gasteiger partial charge >= 0.3 is 0 Å². The summed E-state index contributed by atoms with van der Waals surface area (Å²) < 4.78 is 5.29. The average Bonchev–Trinajstić information content (AvgIpc) is 2.42. The molecule has 0 aliphatic heterocycles. The summed E-state index contributed by atoms with van der Waals surface area (Å²) >= 11 is 0. The monoisotopic (exact) mass is 243 g/mol. The predicted octanol–water partition coefficient (Wildman–Crippen LogP) is 2.53. The Morgan fingerprint density at radius 1 is 1.17 bits per heavy atom. The van der Waals surface area contributed by atoms with Gasteiger partial charge in [-0.3, -0.25) is 4.98 Å². The van der Waals surface area contributed by atoms with E-state index in [0.717, 1.165) is 24.3 Å². The van der Waals surface area contributed by atoms with Gasteiger partial charge in [-0.15, -0.1) is 0 Å². The molecular weight excluding hydrogens is 226 g/mol. The number of aromatic nitrogens is 2. The van der Waals surface area contributed by atoms with Crippen molar-refractivity contribution < 1.29 is 4.74 Å². The molecule has 0 spiro atoms. The molecule has 0 amide bonds. The first kappa shape index (κ1) is 12.4. The fraction of sp³-hybridized carbons (Fsp3) is 0.286. The summed E-state index contributed by atoms with van der Waals surface area (Å²) in [6.07, 6.45) is 4.49. The Morgan fingerprint density at radius 3 is 2.78 bits per heavy atom. The molecule has 0 unspecified atom stereocenters. The van der Waals surface area contributed by atoms with Crippen LogP contribution in [0.4, 0.5) is 5.69 Å². The van der Waals surface area contributed by atoms with Gasteiger partial charge in [-0.25, -0.2) is 4.98 Å². The summed E-state index contributed by atoms with van der Waals surface area (Å²) in [6.45, 7) is 3.42. The van der Waals surface area contributed by atoms with Crippen molar-refractivity contribution in [3.63, 3.8) is 0 Å². The number of nitrogens with one attached hydrogen (secondary N) is 1. The lowest BCUT2D eigenvalue weighted by Crippen LogP contribution is -2.06. The minimum absolute atomic E-state index is 0.638. The number of hydrogen-bond acceptors (Lipinski definition) is 4. The third-order valence-electron chi connectivity index (χ3n) is 2.46. The molecule has 0 aromatic carbocycles. The van der Waals surface area contributed by atoms with Gasteiger partial charge in [-0.1, -0.05) is 6.07 Å². The van der Waals surface area contributed by atoms with Crippen LogP contribution in [0.15, 0.2) is 42.7 Å². The first-order chi connectivity index (χ1) is 8.88. The second-order valence-electron chi connectivity index (χ2n) is 3.82. The zero-order chi connectivity index (χ0) is 12.6. The van der Waals surface area contributed by atoms with E-state index in [0.29, 0.717) is 12.5 Å². The summed E-state index contributed by atoms with van der Waals surface area (Å²) in [4.78, 5) is 8.47. The molecule has 94 valence electrons. The van der Waals surface area contributed by atoms with E-state index < -0.39 is 0 Å². The molecule has 0 saturated carbocycles. The van der Waals surface area contributed by atoms with Gasteiger partial charge in [0, 0.05) is 30.9 Å². The molecule has 4 heteroatoms. The number of hydrogen-bond donors (Lipinski definition) is 1. The van der Waals surface area contributed by atoms with Crippen LogP contribution < -0.4 is 10.1 Å². The highest BCUT2D eigenvalue weighted by molar-refractivity contribution is 5.42. The molecule has 0 bridgehead atoms. The third-order valence-corrected chi connectivity index (χ3v) is 2.46. The largest absolute Gasteiger partial charge is 0.478 e. The Hall–Kier alpha value is -2.10. The molecule has 0 aliphatic rings. The Bertz CT molecular complexity index is 456. The summed E-state index contributed by atoms with van der Waals surface area (Å²) in [6, 6.07) is 9.79. The Balaban J connectivity index is 1.80. The van der Waals surface area contributed by atoms with Crippen LogP contribution in [0.25, 0.3) is 0 Å². The number of nitrogens with zero attached hydrogens (tertiary/aromatic N) is 2. The SMILES string of the molecule is CCOc1ccc(NCCc2ccccn2)cn1. The Morgan fingerprint density at radius 2 is 2.11 bits per heavy atom. The minimum Gasteiger partial charge on any atom is -0.478 e. The van der Waals surface area contributed by atoms with Crippen molar-refractivity contribution in [2.24, 2.45) is 0 Å². The fourth-order valence-electron chi connectivity index (χ4n) is 1.60. The van der Waals surface area contributed by atoms with Crippen molar-refractivity contribution in [3.8, 4) is 5.88 Å². The van der Waals surface area contributed by atoms with Crippen molar-refractivity contribution in [2.45, 2.75) is 13.3 Å². The summed E-state index contributed by atoms with van der Waals surface area (Å²) in [5.74, 6) is 0.660. The molecule has 0 radical (unpaired) electrons. The highest BCUT2D eigenvalue weighted by Crippen LogP contribution is 2.11. The van der Waals surface area contributed by atoms with Gasteiger partial charge in [0.05, 0.1) is 18.5 Å². The molecule has 4 nitrogen and oxygen atoms in total. The second kappa shape index (κ2) is 6.59. The number of ether oxygens (including phenoxy) is 1. The van der Waals surface area contributed by atoms with E-state index in [1.165, 1.54) is 0 Å². The van der Waals surface area contributed by atoms with E-state index in [2.05, 4.69) is 15.3 Å². The first-order valence-electron chi connectivity index (χ1n) is 6.11. The Kier molecular flexibility index (Phi) is 4.53. The molecular formula is C14H17N3O. The normalized spacial score (nSPS) is 10.1. The van der Waals surface area contributed by atoms with Crippen molar-refractivity contribution in [2.75, 3.05) is 18.5 Å². The van der Waals surface area contributed by atoms with Crippen molar-refractivity contribution >= 4 is 5.69 Å². The highest BCUT2D eigenvalue weighted by Gasteiger charge is 1.96. The molecule has 0 atom stereocenters. The molecule has 0 saturated heterocycles. The maximum atomic E-state index is 5.29. The van der Waals surface area contributed by atoms with Crippen LogP contribution in [-0.2, 0) is 6.42 Å². The summed E-state index contributed by atoms with van der Waals surface area (Å²) in [5, 5.41) is 3.30. The number of anilines is 1. The van der Waals surface area contributed by atoms with Gasteiger partial charge in [-0.2, -0.15) is 0 Å². The molecule has 2 rings (SSSR count). The second-order valence-corrected chi connectivity index (χ2v) is 3.82. The van der Waals surface area contributed by atoms with E-state index in [9.17, 15) is 0 Å². The van der Waals surface area contributed by atoms with Crippen LogP contribution in [0, 0.1) is 0 Å². The lowest BCUT2D eigenvalue weighted by molar-refractivity contribution is 0.327. The average molecular weight is 243 g/mol. The van der Waals surface area contributed by atoms with Crippen molar-refractivity contribution in [1.29, 1.82) is 0 Å². The van der Waals surface area contributed by atoms with Gasteiger partial charge < -0.3 is 10.1 Å². The van der Waals surface area contributed by atoms with E-state index in [1.54, 1.807) is 6.20 Å². The van der Waals surface area contributed by atoms with Crippen LogP contribution in [0.3, 0.4) is 0 Å². The van der Waals surface area contributed by atoms with Gasteiger partial charge in [0.1, 0.15) is 0 Å². The van der Waals surface area contributed by atoms with Gasteiger partial charge in [-0.05, 0) is 25.1 Å². The van der Waals surface area contributed by atoms with Crippen LogP contribution in [0.2, 0.25) is 0 Å². The van der Waals surface area contributed by atoms with Gasteiger partial charge in [0.15, 0.2) is 0 Å². The van der Waals surface area contributed by atoms with E-state index >= 15 is 0 Å². The first-order valence-corrected chi connectivity index (χ1v) is 6.11. The summed E-state index contributed by atoms with van der Waals surface area (Å²) in [5.41, 5.74) is 2.08. The standard InChI is InChI=1S/C14H17N3O/c1-2-18-14-7-6-13(11-17-14)16-10-8-12-5-3-4-9-15-12/h3-7,9,11,16H,2,8,10H2,1H3. The molecule has 2 heterocycles. The van der Waals surface area contributed by atoms with Crippen LogP contribution >= 0.6 is 0 Å². The quantitative estimate of drug-likeness (QED) is 0.847. The molecule has 0 fully saturated rings. The van der Waals surface area contributed by atoms with Crippen molar-refractivity contribution in [1.82, 2.24) is 9.97 Å². The predicted molar refractivity (Wildman–Crippen MR) is 71.8 cm³/mol. The lowest BCUT2D eigenvalue weighted by Gasteiger charge is -2.06. The topological polar surface area (TPSA) is 47.0 Å².